The van der Waals surface area contributed by atoms with Gasteiger partial charge in [0.1, 0.15) is 0 Å². The van der Waals surface area contributed by atoms with Crippen LogP contribution >= 0.6 is 11.8 Å². The lowest BCUT2D eigenvalue weighted by atomic mass is 10.1. The summed E-state index contributed by atoms with van der Waals surface area (Å²) < 4.78 is 0. The molecule has 0 aliphatic carbocycles. The molecule has 0 bridgehead atoms. The van der Waals surface area contributed by atoms with Crippen molar-refractivity contribution >= 4 is 29.1 Å². The van der Waals surface area contributed by atoms with Gasteiger partial charge < -0.3 is 15.7 Å². The molecule has 0 aromatic heterocycles. The Hall–Kier alpha value is -1.36. The molecule has 0 spiro atoms. The minimum absolute atomic E-state index is 0.194. The van der Waals surface area contributed by atoms with Gasteiger partial charge in [0.15, 0.2) is 0 Å². The van der Waals surface area contributed by atoms with Gasteiger partial charge in [-0.1, -0.05) is 6.07 Å². The summed E-state index contributed by atoms with van der Waals surface area (Å²) in [5, 5.41) is 9.78. The molecule has 0 amide bonds. The third kappa shape index (κ3) is 2.56. The Morgan fingerprint density at radius 1 is 1.44 bits per heavy atom. The molecule has 0 radical (unpaired) electrons. The first-order valence-electron chi connectivity index (χ1n) is 6.03. The highest BCUT2D eigenvalue weighted by Gasteiger charge is 2.21. The van der Waals surface area contributed by atoms with Crippen LogP contribution in [0.1, 0.15) is 23.2 Å². The maximum absolute atomic E-state index is 11.1. The third-order valence-electron chi connectivity index (χ3n) is 3.43. The van der Waals surface area contributed by atoms with Crippen molar-refractivity contribution in [1.82, 2.24) is 0 Å². The zero-order valence-corrected chi connectivity index (χ0v) is 11.2. The van der Waals surface area contributed by atoms with E-state index in [0.29, 0.717) is 10.9 Å². The lowest BCUT2D eigenvalue weighted by Gasteiger charge is -2.33. The Morgan fingerprint density at radius 3 is 2.67 bits per heavy atom. The Balaban J connectivity index is 2.19. The zero-order chi connectivity index (χ0) is 13.1. The molecule has 1 aliphatic rings. The van der Waals surface area contributed by atoms with Crippen LogP contribution in [0.4, 0.5) is 11.4 Å². The molecule has 1 saturated heterocycles. The minimum atomic E-state index is -0.964. The summed E-state index contributed by atoms with van der Waals surface area (Å²) in [6, 6.07) is 5.22. The maximum atomic E-state index is 11.1. The third-order valence-corrected chi connectivity index (χ3v) is 4.57. The van der Waals surface area contributed by atoms with Crippen molar-refractivity contribution in [2.24, 2.45) is 0 Å². The standard InChI is InChI=1S/C13H18N2O2S/c1-18-9-5-7-15(8-6-9)11-4-2-3-10(12(11)14)13(16)17/h2-4,9H,5-8,14H2,1H3,(H,16,17). The number of hydrogen-bond donors (Lipinski definition) is 2. The number of piperidine rings is 1. The van der Waals surface area contributed by atoms with Crippen LogP contribution < -0.4 is 10.6 Å². The first-order chi connectivity index (χ1) is 8.63. The second-order valence-corrected chi connectivity index (χ2v) is 5.60. The van der Waals surface area contributed by atoms with Crippen LogP contribution in [0.3, 0.4) is 0 Å². The van der Waals surface area contributed by atoms with E-state index in [2.05, 4.69) is 11.2 Å². The molecule has 0 atom stereocenters. The van der Waals surface area contributed by atoms with Crippen molar-refractivity contribution in [3.63, 3.8) is 0 Å². The molecule has 1 fully saturated rings. The minimum Gasteiger partial charge on any atom is -0.478 e. The molecule has 0 saturated carbocycles. The summed E-state index contributed by atoms with van der Waals surface area (Å²) in [5.41, 5.74) is 7.39. The quantitative estimate of drug-likeness (QED) is 0.822. The molecule has 18 heavy (non-hydrogen) atoms. The van der Waals surface area contributed by atoms with Crippen LogP contribution in [0.25, 0.3) is 0 Å². The van der Waals surface area contributed by atoms with Crippen LogP contribution in [0.5, 0.6) is 0 Å². The number of rotatable bonds is 3. The van der Waals surface area contributed by atoms with E-state index in [0.717, 1.165) is 31.6 Å². The summed E-state index contributed by atoms with van der Waals surface area (Å²) in [7, 11) is 0. The molecule has 98 valence electrons. The summed E-state index contributed by atoms with van der Waals surface area (Å²) in [5.74, 6) is -0.964. The lowest BCUT2D eigenvalue weighted by molar-refractivity contribution is 0.0698. The molecular weight excluding hydrogens is 248 g/mol. The number of carboxylic acid groups (broad SMARTS) is 1. The van der Waals surface area contributed by atoms with Crippen LogP contribution in [0.15, 0.2) is 18.2 Å². The fraction of sp³-hybridized carbons (Fsp3) is 0.462. The Morgan fingerprint density at radius 2 is 2.11 bits per heavy atom. The summed E-state index contributed by atoms with van der Waals surface area (Å²) in [6.07, 6.45) is 4.38. The molecule has 1 aromatic carbocycles. The Kier molecular flexibility index (Phi) is 4.01. The van der Waals surface area contributed by atoms with Crippen molar-refractivity contribution in [3.05, 3.63) is 23.8 Å². The topological polar surface area (TPSA) is 66.6 Å². The van der Waals surface area contributed by atoms with Crippen LogP contribution in [-0.2, 0) is 0 Å². The number of benzene rings is 1. The predicted molar refractivity (Wildman–Crippen MR) is 76.6 cm³/mol. The van der Waals surface area contributed by atoms with Gasteiger partial charge in [-0.25, -0.2) is 4.79 Å². The van der Waals surface area contributed by atoms with E-state index < -0.39 is 5.97 Å². The highest BCUT2D eigenvalue weighted by Crippen LogP contribution is 2.31. The second-order valence-electron chi connectivity index (χ2n) is 4.47. The van der Waals surface area contributed by atoms with E-state index in [4.69, 9.17) is 10.8 Å². The van der Waals surface area contributed by atoms with E-state index in [1.165, 1.54) is 0 Å². The monoisotopic (exact) mass is 266 g/mol. The number of thioether (sulfide) groups is 1. The Bertz CT molecular complexity index is 443. The molecule has 1 heterocycles. The summed E-state index contributed by atoms with van der Waals surface area (Å²) in [4.78, 5) is 13.2. The first kappa shape index (κ1) is 13.1. The van der Waals surface area contributed by atoms with Gasteiger partial charge in [0.25, 0.3) is 0 Å². The predicted octanol–water partition coefficient (Wildman–Crippen LogP) is 2.30. The van der Waals surface area contributed by atoms with Crippen LogP contribution in [0.2, 0.25) is 0 Å². The fourth-order valence-corrected chi connectivity index (χ4v) is 3.03. The van der Waals surface area contributed by atoms with Gasteiger partial charge in [0.2, 0.25) is 0 Å². The van der Waals surface area contributed by atoms with Gasteiger partial charge in [-0.15, -0.1) is 0 Å². The van der Waals surface area contributed by atoms with Crippen molar-refractivity contribution in [2.75, 3.05) is 30.0 Å². The SMILES string of the molecule is CSC1CCN(c2cccc(C(=O)O)c2N)CC1. The number of nitrogen functional groups attached to an aromatic ring is 1. The van der Waals surface area contributed by atoms with Crippen LogP contribution in [0, 0.1) is 0 Å². The number of para-hydroxylation sites is 1. The highest BCUT2D eigenvalue weighted by atomic mass is 32.2. The van der Waals surface area contributed by atoms with Gasteiger partial charge >= 0.3 is 5.97 Å². The van der Waals surface area contributed by atoms with E-state index in [1.807, 2.05) is 17.8 Å². The number of carbonyl (C=O) groups is 1. The maximum Gasteiger partial charge on any atom is 0.337 e. The van der Waals surface area contributed by atoms with Gasteiger partial charge in [-0.2, -0.15) is 11.8 Å². The first-order valence-corrected chi connectivity index (χ1v) is 7.31. The normalized spacial score (nSPS) is 16.8. The average Bonchev–Trinajstić information content (AvgIpc) is 2.39. The van der Waals surface area contributed by atoms with Gasteiger partial charge in [-0.05, 0) is 31.2 Å². The average molecular weight is 266 g/mol. The molecule has 1 aliphatic heterocycles. The molecule has 5 heteroatoms. The number of hydrogen-bond acceptors (Lipinski definition) is 4. The van der Waals surface area contributed by atoms with Gasteiger partial charge in [0.05, 0.1) is 16.9 Å². The number of nitrogens with two attached hydrogens (primary N) is 1. The van der Waals surface area contributed by atoms with Crippen LogP contribution in [-0.4, -0.2) is 35.7 Å². The Labute approximate surface area is 111 Å². The van der Waals surface area contributed by atoms with Crippen molar-refractivity contribution in [3.8, 4) is 0 Å². The van der Waals surface area contributed by atoms with Gasteiger partial charge in [-0.3, -0.25) is 0 Å². The van der Waals surface area contributed by atoms with E-state index in [1.54, 1.807) is 12.1 Å². The zero-order valence-electron chi connectivity index (χ0n) is 10.4. The number of aromatic carboxylic acids is 1. The van der Waals surface area contributed by atoms with E-state index >= 15 is 0 Å². The van der Waals surface area contributed by atoms with Crippen molar-refractivity contribution in [2.45, 2.75) is 18.1 Å². The van der Waals surface area contributed by atoms with Crippen molar-refractivity contribution < 1.29 is 9.90 Å². The molecule has 3 N–H and O–H groups in total. The summed E-state index contributed by atoms with van der Waals surface area (Å²) in [6.45, 7) is 1.89. The number of anilines is 2. The smallest absolute Gasteiger partial charge is 0.337 e. The van der Waals surface area contributed by atoms with E-state index in [9.17, 15) is 4.79 Å². The number of carboxylic acids is 1. The van der Waals surface area contributed by atoms with Crippen molar-refractivity contribution in [1.29, 1.82) is 0 Å². The van der Waals surface area contributed by atoms with Gasteiger partial charge in [0, 0.05) is 18.3 Å². The molecule has 2 rings (SSSR count). The summed E-state index contributed by atoms with van der Waals surface area (Å²) >= 11 is 1.90. The lowest BCUT2D eigenvalue weighted by Crippen LogP contribution is -2.35. The largest absolute Gasteiger partial charge is 0.478 e. The highest BCUT2D eigenvalue weighted by molar-refractivity contribution is 7.99. The van der Waals surface area contributed by atoms with E-state index in [-0.39, 0.29) is 5.56 Å². The molecule has 4 nitrogen and oxygen atoms in total. The molecule has 0 unspecified atom stereocenters. The number of nitrogens with zero attached hydrogens (tertiary/aromatic N) is 1. The fourth-order valence-electron chi connectivity index (χ4n) is 2.35. The molecule has 1 aromatic rings. The second kappa shape index (κ2) is 5.52. The molecular formula is C13H18N2O2S.